The third-order valence-electron chi connectivity index (χ3n) is 2.42. The van der Waals surface area contributed by atoms with Crippen molar-refractivity contribution in [3.8, 4) is 0 Å². The van der Waals surface area contributed by atoms with Crippen LogP contribution in [0.5, 0.6) is 0 Å². The van der Waals surface area contributed by atoms with Gasteiger partial charge in [-0.05, 0) is 27.7 Å². The first kappa shape index (κ1) is 12.0. The molecule has 84 valence electrons. The van der Waals surface area contributed by atoms with Gasteiger partial charge in [-0.2, -0.15) is 0 Å². The van der Waals surface area contributed by atoms with Gasteiger partial charge in [0.15, 0.2) is 0 Å². The Kier molecular flexibility index (Phi) is 4.35. The molecule has 1 heterocycles. The van der Waals surface area contributed by atoms with E-state index in [1.54, 1.807) is 0 Å². The molecular weight excluding hydrogens is 178 g/mol. The van der Waals surface area contributed by atoms with Crippen LogP contribution in [0.15, 0.2) is 0 Å². The van der Waals surface area contributed by atoms with E-state index in [9.17, 15) is 0 Å². The van der Waals surface area contributed by atoms with Gasteiger partial charge in [-0.3, -0.25) is 4.90 Å². The molecule has 0 aliphatic carbocycles. The lowest BCUT2D eigenvalue weighted by atomic mass is 10.2. The molecule has 0 aromatic heterocycles. The third-order valence-corrected chi connectivity index (χ3v) is 2.42. The molecule has 3 heteroatoms. The van der Waals surface area contributed by atoms with Crippen molar-refractivity contribution in [2.75, 3.05) is 32.9 Å². The van der Waals surface area contributed by atoms with Crippen molar-refractivity contribution in [2.24, 2.45) is 0 Å². The summed E-state index contributed by atoms with van der Waals surface area (Å²) in [5.41, 5.74) is -0.0183. The summed E-state index contributed by atoms with van der Waals surface area (Å²) in [5, 5.41) is 0. The third kappa shape index (κ3) is 4.40. The van der Waals surface area contributed by atoms with E-state index < -0.39 is 0 Å². The summed E-state index contributed by atoms with van der Waals surface area (Å²) >= 11 is 0. The fourth-order valence-corrected chi connectivity index (χ4v) is 1.56. The molecule has 1 aliphatic heterocycles. The van der Waals surface area contributed by atoms with Crippen LogP contribution in [0.1, 0.15) is 27.7 Å². The predicted molar refractivity (Wildman–Crippen MR) is 57.6 cm³/mol. The molecule has 0 bridgehead atoms. The van der Waals surface area contributed by atoms with Gasteiger partial charge >= 0.3 is 0 Å². The number of nitrogens with zero attached hydrogens (tertiary/aromatic N) is 1. The maximum absolute atomic E-state index is 5.70. The van der Waals surface area contributed by atoms with Crippen LogP contribution in [0.3, 0.4) is 0 Å². The standard InChI is InChI=1S/C11H23NO2/c1-10-9-13-7-5-12(10)6-8-14-11(2,3)4/h10H,5-9H2,1-4H3. The van der Waals surface area contributed by atoms with Gasteiger partial charge < -0.3 is 9.47 Å². The summed E-state index contributed by atoms with van der Waals surface area (Å²) < 4.78 is 11.1. The van der Waals surface area contributed by atoms with E-state index in [0.29, 0.717) is 6.04 Å². The highest BCUT2D eigenvalue weighted by Gasteiger charge is 2.19. The molecule has 1 rings (SSSR count). The highest BCUT2D eigenvalue weighted by Crippen LogP contribution is 2.09. The van der Waals surface area contributed by atoms with E-state index in [2.05, 4.69) is 32.6 Å². The van der Waals surface area contributed by atoms with Gasteiger partial charge in [0.25, 0.3) is 0 Å². The highest BCUT2D eigenvalue weighted by atomic mass is 16.5. The van der Waals surface area contributed by atoms with Gasteiger partial charge in [0, 0.05) is 19.1 Å². The molecule has 1 atom stereocenters. The van der Waals surface area contributed by atoms with E-state index in [0.717, 1.165) is 32.9 Å². The first-order valence-electron chi connectivity index (χ1n) is 5.45. The largest absolute Gasteiger partial charge is 0.379 e. The molecule has 0 radical (unpaired) electrons. The van der Waals surface area contributed by atoms with Gasteiger partial charge in [-0.15, -0.1) is 0 Å². The zero-order valence-corrected chi connectivity index (χ0v) is 9.88. The SMILES string of the molecule is CC1COCCN1CCOC(C)(C)C. The van der Waals surface area contributed by atoms with Crippen molar-refractivity contribution in [2.45, 2.75) is 39.3 Å². The van der Waals surface area contributed by atoms with Gasteiger partial charge in [0.05, 0.1) is 25.4 Å². The Morgan fingerprint density at radius 2 is 2.14 bits per heavy atom. The zero-order chi connectivity index (χ0) is 10.6. The summed E-state index contributed by atoms with van der Waals surface area (Å²) in [4.78, 5) is 2.43. The van der Waals surface area contributed by atoms with Crippen LogP contribution in [-0.4, -0.2) is 49.5 Å². The summed E-state index contributed by atoms with van der Waals surface area (Å²) in [6.07, 6.45) is 0. The van der Waals surface area contributed by atoms with Crippen molar-refractivity contribution in [1.29, 1.82) is 0 Å². The van der Waals surface area contributed by atoms with Crippen LogP contribution >= 0.6 is 0 Å². The van der Waals surface area contributed by atoms with Crippen molar-refractivity contribution in [3.63, 3.8) is 0 Å². The summed E-state index contributed by atoms with van der Waals surface area (Å²) in [6, 6.07) is 0.535. The molecule has 0 saturated carbocycles. The van der Waals surface area contributed by atoms with Crippen molar-refractivity contribution >= 4 is 0 Å². The van der Waals surface area contributed by atoms with Crippen LogP contribution in [0.4, 0.5) is 0 Å². The number of ether oxygens (including phenoxy) is 2. The van der Waals surface area contributed by atoms with Gasteiger partial charge in [0.1, 0.15) is 0 Å². The first-order chi connectivity index (χ1) is 6.49. The van der Waals surface area contributed by atoms with E-state index >= 15 is 0 Å². The Bertz CT molecular complexity index is 165. The Labute approximate surface area is 87.4 Å². The normalized spacial score (nSPS) is 25.3. The summed E-state index contributed by atoms with van der Waals surface area (Å²) in [5.74, 6) is 0. The Balaban J connectivity index is 2.17. The predicted octanol–water partition coefficient (Wildman–Crippen LogP) is 1.52. The van der Waals surface area contributed by atoms with Gasteiger partial charge in [-0.1, -0.05) is 0 Å². The second-order valence-corrected chi connectivity index (χ2v) is 4.92. The number of hydrogen-bond donors (Lipinski definition) is 0. The van der Waals surface area contributed by atoms with Crippen molar-refractivity contribution in [3.05, 3.63) is 0 Å². The number of morpholine rings is 1. The lowest BCUT2D eigenvalue weighted by Gasteiger charge is -2.33. The number of rotatable bonds is 3. The quantitative estimate of drug-likeness (QED) is 0.691. The second kappa shape index (κ2) is 5.10. The molecule has 3 nitrogen and oxygen atoms in total. The topological polar surface area (TPSA) is 21.7 Å². The second-order valence-electron chi connectivity index (χ2n) is 4.92. The fraction of sp³-hybridized carbons (Fsp3) is 1.00. The minimum Gasteiger partial charge on any atom is -0.379 e. The monoisotopic (exact) mass is 201 g/mol. The van der Waals surface area contributed by atoms with Crippen LogP contribution in [0, 0.1) is 0 Å². The Morgan fingerprint density at radius 3 is 2.71 bits per heavy atom. The molecule has 1 saturated heterocycles. The van der Waals surface area contributed by atoms with E-state index in [4.69, 9.17) is 9.47 Å². The maximum Gasteiger partial charge on any atom is 0.0619 e. The molecule has 0 spiro atoms. The fourth-order valence-electron chi connectivity index (χ4n) is 1.56. The summed E-state index contributed by atoms with van der Waals surface area (Å²) in [6.45, 7) is 13.1. The summed E-state index contributed by atoms with van der Waals surface area (Å²) in [7, 11) is 0. The average molecular weight is 201 g/mol. The average Bonchev–Trinajstić information content (AvgIpc) is 2.06. The highest BCUT2D eigenvalue weighted by molar-refractivity contribution is 4.71. The molecule has 0 N–H and O–H groups in total. The minimum atomic E-state index is -0.0183. The molecule has 0 amide bonds. The van der Waals surface area contributed by atoms with E-state index in [-0.39, 0.29) is 5.60 Å². The first-order valence-corrected chi connectivity index (χ1v) is 5.45. The van der Waals surface area contributed by atoms with Crippen molar-refractivity contribution in [1.82, 2.24) is 4.90 Å². The smallest absolute Gasteiger partial charge is 0.0619 e. The molecule has 1 unspecified atom stereocenters. The molecule has 0 aromatic carbocycles. The molecule has 0 aromatic rings. The van der Waals surface area contributed by atoms with Crippen LogP contribution in [-0.2, 0) is 9.47 Å². The Hall–Kier alpha value is -0.120. The molecule has 14 heavy (non-hydrogen) atoms. The minimum absolute atomic E-state index is 0.0183. The lowest BCUT2D eigenvalue weighted by Crippen LogP contribution is -2.45. The van der Waals surface area contributed by atoms with E-state index in [1.165, 1.54) is 0 Å². The zero-order valence-electron chi connectivity index (χ0n) is 9.88. The molecule has 1 aliphatic rings. The Morgan fingerprint density at radius 1 is 1.43 bits per heavy atom. The van der Waals surface area contributed by atoms with Gasteiger partial charge in [-0.25, -0.2) is 0 Å². The number of hydrogen-bond acceptors (Lipinski definition) is 3. The van der Waals surface area contributed by atoms with Gasteiger partial charge in [0.2, 0.25) is 0 Å². The van der Waals surface area contributed by atoms with Crippen LogP contribution in [0.2, 0.25) is 0 Å². The van der Waals surface area contributed by atoms with Crippen molar-refractivity contribution < 1.29 is 9.47 Å². The maximum atomic E-state index is 5.70. The van der Waals surface area contributed by atoms with Crippen LogP contribution in [0.25, 0.3) is 0 Å². The molecular formula is C11H23NO2. The van der Waals surface area contributed by atoms with E-state index in [1.807, 2.05) is 0 Å². The van der Waals surface area contributed by atoms with Crippen LogP contribution < -0.4 is 0 Å². The molecule has 1 fully saturated rings. The lowest BCUT2D eigenvalue weighted by molar-refractivity contribution is -0.0441.